The van der Waals surface area contributed by atoms with E-state index < -0.39 is 11.0 Å². The number of benzene rings is 2. The van der Waals surface area contributed by atoms with Gasteiger partial charge in [0.15, 0.2) is 0 Å². The fraction of sp³-hybridized carbons (Fsp3) is 0.368. The molecular weight excluding hydrogens is 304 g/mol. The van der Waals surface area contributed by atoms with Gasteiger partial charge in [0, 0.05) is 18.6 Å². The van der Waals surface area contributed by atoms with E-state index in [0.717, 1.165) is 12.8 Å². The van der Waals surface area contributed by atoms with Crippen molar-refractivity contribution < 1.29 is 14.9 Å². The summed E-state index contributed by atoms with van der Waals surface area (Å²) in [5.74, 6) is 0. The Kier molecular flexibility index (Phi) is 6.46. The zero-order valence-corrected chi connectivity index (χ0v) is 14.2. The molecule has 5 heteroatoms. The van der Waals surface area contributed by atoms with Crippen LogP contribution in [0.15, 0.2) is 54.6 Å². The smallest absolute Gasteiger partial charge is 0.269 e. The molecule has 24 heavy (non-hydrogen) atoms. The van der Waals surface area contributed by atoms with Crippen LogP contribution in [0.5, 0.6) is 0 Å². The summed E-state index contributed by atoms with van der Waals surface area (Å²) in [4.78, 5) is 11.6. The Bertz CT molecular complexity index is 661. The van der Waals surface area contributed by atoms with Crippen molar-refractivity contribution in [1.29, 1.82) is 0 Å². The second-order valence-electron chi connectivity index (χ2n) is 6.34. The van der Waals surface area contributed by atoms with E-state index in [9.17, 15) is 15.2 Å². The van der Waals surface area contributed by atoms with Crippen molar-refractivity contribution >= 4 is 5.69 Å². The second-order valence-corrected chi connectivity index (χ2v) is 6.34. The van der Waals surface area contributed by atoms with Crippen LogP contribution < -0.4 is 4.90 Å². The first kappa shape index (κ1) is 18.1. The van der Waals surface area contributed by atoms with Crippen molar-refractivity contribution in [1.82, 2.24) is 0 Å². The number of likely N-dealkylation sites (N-methyl/N-ethyl adjacent to an activating group) is 1. The lowest BCUT2D eigenvalue weighted by Gasteiger charge is -2.24. The lowest BCUT2D eigenvalue weighted by molar-refractivity contribution is -0.908. The first-order valence-electron chi connectivity index (χ1n) is 8.26. The summed E-state index contributed by atoms with van der Waals surface area (Å²) in [6, 6.07) is 17.0. The number of hydrogen-bond acceptors (Lipinski definition) is 3. The predicted molar refractivity (Wildman–Crippen MR) is 94.0 cm³/mol. The van der Waals surface area contributed by atoms with Gasteiger partial charge in [0.25, 0.3) is 5.69 Å². The first-order chi connectivity index (χ1) is 11.5. The highest BCUT2D eigenvalue weighted by molar-refractivity contribution is 5.35. The minimum atomic E-state index is -0.705. The fourth-order valence-electron chi connectivity index (χ4n) is 2.74. The molecule has 0 bridgehead atoms. The van der Waals surface area contributed by atoms with Crippen LogP contribution in [-0.4, -0.2) is 29.7 Å². The Morgan fingerprint density at radius 1 is 1.17 bits per heavy atom. The van der Waals surface area contributed by atoms with Gasteiger partial charge in [-0.2, -0.15) is 0 Å². The molecule has 2 rings (SSSR count). The van der Waals surface area contributed by atoms with Crippen molar-refractivity contribution in [2.24, 2.45) is 0 Å². The third-order valence-corrected chi connectivity index (χ3v) is 4.53. The number of aliphatic hydroxyl groups excluding tert-OH is 1. The number of nitrogens with zero attached hydrogens (tertiary/aromatic N) is 1. The number of non-ortho nitro benzene ring substituents is 1. The van der Waals surface area contributed by atoms with Gasteiger partial charge in [0.1, 0.15) is 12.6 Å². The number of nitro groups is 1. The Hall–Kier alpha value is -2.24. The van der Waals surface area contributed by atoms with Crippen LogP contribution in [-0.2, 0) is 6.42 Å². The largest absolute Gasteiger partial charge is 0.382 e. The maximum Gasteiger partial charge on any atom is 0.269 e. The molecule has 0 heterocycles. The topological polar surface area (TPSA) is 67.8 Å². The van der Waals surface area contributed by atoms with Gasteiger partial charge < -0.3 is 10.0 Å². The molecule has 0 aromatic heterocycles. The van der Waals surface area contributed by atoms with Crippen molar-refractivity contribution in [2.45, 2.75) is 31.9 Å². The van der Waals surface area contributed by atoms with Crippen LogP contribution in [0.1, 0.15) is 30.6 Å². The van der Waals surface area contributed by atoms with Gasteiger partial charge in [-0.3, -0.25) is 10.1 Å². The predicted octanol–water partition coefficient (Wildman–Crippen LogP) is 2.16. The molecule has 3 atom stereocenters. The van der Waals surface area contributed by atoms with Crippen molar-refractivity contribution in [3.8, 4) is 0 Å². The minimum Gasteiger partial charge on any atom is -0.382 e. The van der Waals surface area contributed by atoms with E-state index in [0.29, 0.717) is 18.2 Å². The normalized spacial score (nSPS) is 14.8. The summed E-state index contributed by atoms with van der Waals surface area (Å²) in [6.45, 7) is 2.69. The summed E-state index contributed by atoms with van der Waals surface area (Å²) in [7, 11) is 2.05. The average molecular weight is 329 g/mol. The van der Waals surface area contributed by atoms with Gasteiger partial charge in [0.05, 0.1) is 18.0 Å². The quantitative estimate of drug-likeness (QED) is 0.576. The van der Waals surface area contributed by atoms with Crippen LogP contribution in [0.3, 0.4) is 0 Å². The SMILES string of the molecule is CC(CCc1ccccc1)[NH+](C)CC(O)c1cccc([N+](=O)[O-])c1. The average Bonchev–Trinajstić information content (AvgIpc) is 2.60. The van der Waals surface area contributed by atoms with E-state index in [1.165, 1.54) is 22.6 Å². The number of nitrogens with one attached hydrogen (secondary N) is 1. The first-order valence-corrected chi connectivity index (χ1v) is 8.26. The maximum absolute atomic E-state index is 10.8. The van der Waals surface area contributed by atoms with Gasteiger partial charge in [-0.1, -0.05) is 42.5 Å². The van der Waals surface area contributed by atoms with Gasteiger partial charge in [-0.15, -0.1) is 0 Å². The molecule has 0 fully saturated rings. The zero-order chi connectivity index (χ0) is 17.5. The van der Waals surface area contributed by atoms with Gasteiger partial charge in [0.2, 0.25) is 0 Å². The van der Waals surface area contributed by atoms with E-state index >= 15 is 0 Å². The molecule has 5 nitrogen and oxygen atoms in total. The molecule has 3 unspecified atom stereocenters. The zero-order valence-electron chi connectivity index (χ0n) is 14.2. The summed E-state index contributed by atoms with van der Waals surface area (Å²) < 4.78 is 0. The van der Waals surface area contributed by atoms with Crippen molar-refractivity contribution in [3.63, 3.8) is 0 Å². The third-order valence-electron chi connectivity index (χ3n) is 4.53. The minimum absolute atomic E-state index is 0.0151. The van der Waals surface area contributed by atoms with E-state index in [-0.39, 0.29) is 5.69 Å². The Balaban J connectivity index is 1.89. The molecule has 0 radical (unpaired) electrons. The fourth-order valence-corrected chi connectivity index (χ4v) is 2.74. The number of aliphatic hydroxyl groups is 1. The summed E-state index contributed by atoms with van der Waals surface area (Å²) in [6.07, 6.45) is 1.33. The lowest BCUT2D eigenvalue weighted by atomic mass is 10.0. The molecule has 0 saturated carbocycles. The van der Waals surface area contributed by atoms with Crippen LogP contribution in [0.4, 0.5) is 5.69 Å². The van der Waals surface area contributed by atoms with Gasteiger partial charge in [-0.25, -0.2) is 0 Å². The Morgan fingerprint density at radius 2 is 1.88 bits per heavy atom. The molecule has 2 aromatic carbocycles. The molecule has 2 aromatic rings. The van der Waals surface area contributed by atoms with Crippen molar-refractivity contribution in [2.75, 3.05) is 13.6 Å². The van der Waals surface area contributed by atoms with Crippen LogP contribution in [0, 0.1) is 10.1 Å². The molecule has 0 aliphatic heterocycles. The van der Waals surface area contributed by atoms with Gasteiger partial charge >= 0.3 is 0 Å². The highest BCUT2D eigenvalue weighted by Crippen LogP contribution is 2.18. The van der Waals surface area contributed by atoms with Crippen molar-refractivity contribution in [3.05, 3.63) is 75.8 Å². The molecule has 0 aliphatic rings. The number of hydrogen-bond donors (Lipinski definition) is 2. The maximum atomic E-state index is 10.8. The molecule has 128 valence electrons. The molecule has 0 saturated heterocycles. The van der Waals surface area contributed by atoms with E-state index in [1.807, 2.05) is 18.2 Å². The van der Waals surface area contributed by atoms with E-state index in [4.69, 9.17) is 0 Å². The van der Waals surface area contributed by atoms with Crippen LogP contribution in [0.2, 0.25) is 0 Å². The molecule has 2 N–H and O–H groups in total. The summed E-state index contributed by atoms with van der Waals surface area (Å²) in [5.41, 5.74) is 1.93. The van der Waals surface area contributed by atoms with Crippen LogP contribution >= 0.6 is 0 Å². The Morgan fingerprint density at radius 3 is 2.54 bits per heavy atom. The number of aryl methyl sites for hydroxylation is 1. The van der Waals surface area contributed by atoms with E-state index in [1.54, 1.807) is 12.1 Å². The summed E-state index contributed by atoms with van der Waals surface area (Å²) in [5, 5.41) is 21.2. The van der Waals surface area contributed by atoms with Gasteiger partial charge in [-0.05, 0) is 24.5 Å². The second kappa shape index (κ2) is 8.57. The number of rotatable bonds is 8. The monoisotopic (exact) mass is 329 g/mol. The summed E-state index contributed by atoms with van der Waals surface area (Å²) >= 11 is 0. The standard InChI is InChI=1S/C19H24N2O3/c1-15(11-12-16-7-4-3-5-8-16)20(2)14-19(22)17-9-6-10-18(13-17)21(23)24/h3-10,13,15,19,22H,11-12,14H2,1-2H3/p+1. The number of nitro benzene ring substituents is 1. The molecule has 0 spiro atoms. The molecule has 0 aliphatic carbocycles. The molecule has 0 amide bonds. The van der Waals surface area contributed by atoms with E-state index in [2.05, 4.69) is 26.1 Å². The number of quaternary nitrogens is 1. The molecular formula is C19H25N2O3+. The highest BCUT2D eigenvalue weighted by Gasteiger charge is 2.20. The lowest BCUT2D eigenvalue weighted by Crippen LogP contribution is -3.13. The third kappa shape index (κ3) is 5.15. The highest BCUT2D eigenvalue weighted by atomic mass is 16.6. The Labute approximate surface area is 142 Å². The van der Waals surface area contributed by atoms with Crippen LogP contribution in [0.25, 0.3) is 0 Å².